The molecular weight excluding hydrogens is 213 g/mol. The third kappa shape index (κ3) is 4.56. The molecule has 0 aliphatic rings. The molecule has 1 atom stereocenters. The van der Waals surface area contributed by atoms with Crippen molar-refractivity contribution in [1.82, 2.24) is 0 Å². The van der Waals surface area contributed by atoms with Crippen molar-refractivity contribution in [2.45, 2.75) is 30.2 Å². The molecule has 0 aromatic carbocycles. The Morgan fingerprint density at radius 2 is 2.38 bits per heavy atom. The number of hydrogen-bond acceptors (Lipinski definition) is 1. The maximum absolute atomic E-state index is 3.86. The summed E-state index contributed by atoms with van der Waals surface area (Å²) in [5.74, 6) is 0. The zero-order valence-corrected chi connectivity index (χ0v) is 7.39. The SMILES string of the molecule is C=N[C@@H](I)CCCC. The lowest BCUT2D eigenvalue weighted by molar-refractivity contribution is 0.716. The van der Waals surface area contributed by atoms with Crippen LogP contribution >= 0.6 is 22.6 Å². The Morgan fingerprint density at radius 1 is 1.75 bits per heavy atom. The molecule has 8 heavy (non-hydrogen) atoms. The molecule has 1 nitrogen and oxygen atoms in total. The lowest BCUT2D eigenvalue weighted by Crippen LogP contribution is -1.89. The van der Waals surface area contributed by atoms with Gasteiger partial charge in [0.2, 0.25) is 0 Å². The Kier molecular flexibility index (Phi) is 5.81. The smallest absolute Gasteiger partial charge is 0.100 e. The number of nitrogens with zero attached hydrogens (tertiary/aromatic N) is 1. The van der Waals surface area contributed by atoms with Crippen LogP contribution in [-0.4, -0.2) is 10.8 Å². The Morgan fingerprint density at radius 3 is 2.75 bits per heavy atom. The molecule has 0 aliphatic carbocycles. The van der Waals surface area contributed by atoms with Crippen molar-refractivity contribution in [3.8, 4) is 0 Å². The van der Waals surface area contributed by atoms with Crippen LogP contribution in [0.4, 0.5) is 0 Å². The zero-order chi connectivity index (χ0) is 6.41. The molecule has 0 saturated heterocycles. The largest absolute Gasteiger partial charge is 0.287 e. The highest BCUT2D eigenvalue weighted by atomic mass is 127. The van der Waals surface area contributed by atoms with E-state index in [0.717, 1.165) is 0 Å². The molecule has 0 fully saturated rings. The van der Waals surface area contributed by atoms with Crippen molar-refractivity contribution in [2.24, 2.45) is 4.99 Å². The van der Waals surface area contributed by atoms with E-state index < -0.39 is 0 Å². The first-order chi connectivity index (χ1) is 3.81. The monoisotopic (exact) mass is 225 g/mol. The third-order valence-electron chi connectivity index (χ3n) is 0.994. The van der Waals surface area contributed by atoms with Gasteiger partial charge in [0.1, 0.15) is 4.05 Å². The third-order valence-corrected chi connectivity index (χ3v) is 2.01. The summed E-state index contributed by atoms with van der Waals surface area (Å²) in [5.41, 5.74) is 0. The average molecular weight is 225 g/mol. The maximum Gasteiger partial charge on any atom is 0.100 e. The molecule has 0 aliphatic heterocycles. The van der Waals surface area contributed by atoms with Gasteiger partial charge in [0.15, 0.2) is 0 Å². The fourth-order valence-corrected chi connectivity index (χ4v) is 0.904. The molecule has 0 heterocycles. The van der Waals surface area contributed by atoms with Gasteiger partial charge in [-0.3, -0.25) is 4.99 Å². The van der Waals surface area contributed by atoms with Gasteiger partial charge in [-0.05, 0) is 13.1 Å². The van der Waals surface area contributed by atoms with Gasteiger partial charge in [0.05, 0.1) is 0 Å². The first-order valence-corrected chi connectivity index (χ1v) is 4.15. The number of halogens is 1. The molecule has 0 saturated carbocycles. The number of alkyl halides is 1. The summed E-state index contributed by atoms with van der Waals surface area (Å²) in [6, 6.07) is 0. The highest BCUT2D eigenvalue weighted by Crippen LogP contribution is 2.09. The van der Waals surface area contributed by atoms with Gasteiger partial charge in [-0.2, -0.15) is 0 Å². The van der Waals surface area contributed by atoms with Crippen molar-refractivity contribution in [1.29, 1.82) is 0 Å². The summed E-state index contributed by atoms with van der Waals surface area (Å²) >= 11 is 2.30. The summed E-state index contributed by atoms with van der Waals surface area (Å²) in [6.07, 6.45) is 3.71. The van der Waals surface area contributed by atoms with Crippen molar-refractivity contribution >= 4 is 29.3 Å². The lowest BCUT2D eigenvalue weighted by Gasteiger charge is -1.98. The van der Waals surface area contributed by atoms with E-state index in [2.05, 4.69) is 41.2 Å². The second-order valence-electron chi connectivity index (χ2n) is 1.76. The second kappa shape index (κ2) is 5.54. The summed E-state index contributed by atoms with van der Waals surface area (Å²) in [4.78, 5) is 3.86. The van der Waals surface area contributed by atoms with Gasteiger partial charge in [-0.25, -0.2) is 0 Å². The van der Waals surface area contributed by atoms with Crippen LogP contribution in [0, 0.1) is 0 Å². The van der Waals surface area contributed by atoms with Gasteiger partial charge in [0.25, 0.3) is 0 Å². The highest BCUT2D eigenvalue weighted by Gasteiger charge is 1.94. The molecule has 0 bridgehead atoms. The topological polar surface area (TPSA) is 12.4 Å². The van der Waals surface area contributed by atoms with Gasteiger partial charge in [-0.15, -0.1) is 0 Å². The van der Waals surface area contributed by atoms with Crippen LogP contribution in [0.5, 0.6) is 0 Å². The van der Waals surface area contributed by atoms with Gasteiger partial charge < -0.3 is 0 Å². The van der Waals surface area contributed by atoms with E-state index in [-0.39, 0.29) is 0 Å². The molecule has 2 heteroatoms. The Labute approximate surface area is 64.7 Å². The Bertz CT molecular complexity index is 63.5. The molecule has 0 radical (unpaired) electrons. The van der Waals surface area contributed by atoms with Crippen LogP contribution < -0.4 is 0 Å². The lowest BCUT2D eigenvalue weighted by atomic mass is 10.2. The predicted octanol–water partition coefficient (Wildman–Crippen LogP) is 2.64. The van der Waals surface area contributed by atoms with Crippen molar-refractivity contribution in [3.05, 3.63) is 0 Å². The molecule has 0 spiro atoms. The number of aliphatic imine (C=N–C) groups is 1. The molecule has 0 aromatic rings. The minimum atomic E-state index is 0.438. The summed E-state index contributed by atoms with van der Waals surface area (Å²) < 4.78 is 0.438. The molecule has 0 aromatic heterocycles. The molecular formula is C6H12IN. The standard InChI is InChI=1S/C6H12IN/c1-3-4-5-6(7)8-2/h6H,2-5H2,1H3/t6-/m1/s1. The van der Waals surface area contributed by atoms with Gasteiger partial charge in [-0.1, -0.05) is 42.4 Å². The molecule has 0 rings (SSSR count). The fourth-order valence-electron chi connectivity index (χ4n) is 0.464. The second-order valence-corrected chi connectivity index (χ2v) is 3.20. The van der Waals surface area contributed by atoms with Crippen LogP contribution in [0.15, 0.2) is 4.99 Å². The Hall–Kier alpha value is 0.400. The molecule has 0 unspecified atom stereocenters. The van der Waals surface area contributed by atoms with Gasteiger partial charge in [0, 0.05) is 0 Å². The van der Waals surface area contributed by atoms with E-state index >= 15 is 0 Å². The quantitative estimate of drug-likeness (QED) is 0.302. The Balaban J connectivity index is 2.98. The van der Waals surface area contributed by atoms with E-state index in [1.54, 1.807) is 0 Å². The summed E-state index contributed by atoms with van der Waals surface area (Å²) in [7, 11) is 0. The highest BCUT2D eigenvalue weighted by molar-refractivity contribution is 14.1. The van der Waals surface area contributed by atoms with Crippen molar-refractivity contribution < 1.29 is 0 Å². The zero-order valence-electron chi connectivity index (χ0n) is 5.23. The number of hydrogen-bond donors (Lipinski definition) is 0. The number of unbranched alkanes of at least 4 members (excludes halogenated alkanes) is 1. The first kappa shape index (κ1) is 8.40. The van der Waals surface area contributed by atoms with Crippen molar-refractivity contribution in [2.75, 3.05) is 0 Å². The van der Waals surface area contributed by atoms with E-state index in [4.69, 9.17) is 0 Å². The van der Waals surface area contributed by atoms with Crippen molar-refractivity contribution in [3.63, 3.8) is 0 Å². The number of rotatable bonds is 4. The predicted molar refractivity (Wildman–Crippen MR) is 46.9 cm³/mol. The minimum Gasteiger partial charge on any atom is -0.287 e. The first-order valence-electron chi connectivity index (χ1n) is 2.91. The van der Waals surface area contributed by atoms with Crippen LogP contribution in [0.3, 0.4) is 0 Å². The van der Waals surface area contributed by atoms with E-state index in [1.165, 1.54) is 19.3 Å². The van der Waals surface area contributed by atoms with Crippen LogP contribution in [0.1, 0.15) is 26.2 Å². The van der Waals surface area contributed by atoms with Crippen LogP contribution in [0.2, 0.25) is 0 Å². The molecule has 0 N–H and O–H groups in total. The van der Waals surface area contributed by atoms with E-state index in [9.17, 15) is 0 Å². The minimum absolute atomic E-state index is 0.438. The van der Waals surface area contributed by atoms with Crippen LogP contribution in [-0.2, 0) is 0 Å². The van der Waals surface area contributed by atoms with Gasteiger partial charge >= 0.3 is 0 Å². The molecule has 0 amide bonds. The maximum atomic E-state index is 3.86. The summed E-state index contributed by atoms with van der Waals surface area (Å²) in [5, 5.41) is 0. The normalized spacial score (nSPS) is 13.2. The van der Waals surface area contributed by atoms with E-state index in [0.29, 0.717) is 4.05 Å². The van der Waals surface area contributed by atoms with Crippen LogP contribution in [0.25, 0.3) is 0 Å². The molecule has 48 valence electrons. The van der Waals surface area contributed by atoms with E-state index in [1.807, 2.05) is 0 Å². The summed E-state index contributed by atoms with van der Waals surface area (Å²) in [6.45, 7) is 5.64. The fraction of sp³-hybridized carbons (Fsp3) is 0.833. The average Bonchev–Trinajstić information content (AvgIpc) is 1.83.